The zero-order valence-electron chi connectivity index (χ0n) is 19.1. The number of aliphatic hydroxyl groups excluding tert-OH is 1. The van der Waals surface area contributed by atoms with E-state index in [0.717, 1.165) is 41.0 Å². The van der Waals surface area contributed by atoms with Gasteiger partial charge in [0, 0.05) is 41.3 Å². The summed E-state index contributed by atoms with van der Waals surface area (Å²) in [7, 11) is 1.64. The standard InChI is InChI=1S/C25H29N5O3/c1-16-4-7-22-23(30(16)17(2)32-3)9-8-21(20-14-28-29(15-20)10-11-31)24(22)33-25-26-12-19(13-27-25)18-5-6-18/h8-9,12-16,18,31H,2,4-7,10-11H2,1,3H3/t16-/m0/s1. The molecule has 1 aromatic carbocycles. The summed E-state index contributed by atoms with van der Waals surface area (Å²) in [5.41, 5.74) is 5.06. The second-order valence-electron chi connectivity index (χ2n) is 8.69. The summed E-state index contributed by atoms with van der Waals surface area (Å²) in [6.45, 7) is 6.73. The minimum Gasteiger partial charge on any atom is -0.483 e. The summed E-state index contributed by atoms with van der Waals surface area (Å²) < 4.78 is 13.6. The maximum Gasteiger partial charge on any atom is 0.321 e. The summed E-state index contributed by atoms with van der Waals surface area (Å²) in [5.74, 6) is 1.91. The molecule has 2 aliphatic rings. The van der Waals surface area contributed by atoms with Crippen molar-refractivity contribution < 1.29 is 14.6 Å². The maximum atomic E-state index is 9.27. The van der Waals surface area contributed by atoms with Crippen LogP contribution in [0.4, 0.5) is 5.69 Å². The molecule has 1 N–H and O–H groups in total. The van der Waals surface area contributed by atoms with Gasteiger partial charge in [0.1, 0.15) is 5.75 Å². The van der Waals surface area contributed by atoms with E-state index in [4.69, 9.17) is 9.47 Å². The van der Waals surface area contributed by atoms with Crippen LogP contribution in [0.5, 0.6) is 11.8 Å². The van der Waals surface area contributed by atoms with Gasteiger partial charge in [0.25, 0.3) is 0 Å². The van der Waals surface area contributed by atoms with Gasteiger partial charge in [0.05, 0.1) is 32.1 Å². The van der Waals surface area contributed by atoms with Gasteiger partial charge in [0.15, 0.2) is 5.88 Å². The number of aliphatic hydroxyl groups is 1. The van der Waals surface area contributed by atoms with Crippen LogP contribution in [0, 0.1) is 0 Å². The van der Waals surface area contributed by atoms with Crippen LogP contribution < -0.4 is 9.64 Å². The summed E-state index contributed by atoms with van der Waals surface area (Å²) >= 11 is 0. The lowest BCUT2D eigenvalue weighted by Gasteiger charge is -2.37. The van der Waals surface area contributed by atoms with E-state index >= 15 is 0 Å². The first-order valence-electron chi connectivity index (χ1n) is 11.4. The molecule has 3 aromatic rings. The second-order valence-corrected chi connectivity index (χ2v) is 8.69. The lowest BCUT2D eigenvalue weighted by molar-refractivity contribution is 0.269. The third kappa shape index (κ3) is 4.18. The molecule has 3 heterocycles. The smallest absolute Gasteiger partial charge is 0.321 e. The van der Waals surface area contributed by atoms with Crippen LogP contribution in [0.2, 0.25) is 0 Å². The molecule has 2 aromatic heterocycles. The molecular formula is C25H29N5O3. The molecule has 0 unspecified atom stereocenters. The molecule has 0 bridgehead atoms. The van der Waals surface area contributed by atoms with Gasteiger partial charge in [-0.2, -0.15) is 5.10 Å². The Morgan fingerprint density at radius 2 is 1.97 bits per heavy atom. The SMILES string of the molecule is C=C(OC)N1c2ccc(-c3cnn(CCO)c3)c(Oc3ncc(C4CC4)cn3)c2CC[C@@H]1C. The highest BCUT2D eigenvalue weighted by Gasteiger charge is 2.30. The van der Waals surface area contributed by atoms with E-state index in [-0.39, 0.29) is 12.6 Å². The van der Waals surface area contributed by atoms with Gasteiger partial charge in [-0.05, 0) is 62.8 Å². The van der Waals surface area contributed by atoms with Crippen LogP contribution in [0.15, 0.2) is 49.4 Å². The molecule has 1 saturated carbocycles. The number of methoxy groups -OCH3 is 1. The monoisotopic (exact) mass is 447 g/mol. The molecule has 8 heteroatoms. The zero-order valence-corrected chi connectivity index (χ0v) is 19.1. The van der Waals surface area contributed by atoms with Crippen molar-refractivity contribution in [1.82, 2.24) is 19.7 Å². The molecule has 0 saturated heterocycles. The predicted molar refractivity (Wildman–Crippen MR) is 125 cm³/mol. The first kappa shape index (κ1) is 21.5. The maximum absolute atomic E-state index is 9.27. The highest BCUT2D eigenvalue weighted by atomic mass is 16.5. The van der Waals surface area contributed by atoms with Gasteiger partial charge in [-0.15, -0.1) is 0 Å². The van der Waals surface area contributed by atoms with Gasteiger partial charge >= 0.3 is 6.01 Å². The lowest BCUT2D eigenvalue weighted by atomic mass is 9.92. The van der Waals surface area contributed by atoms with Crippen molar-refractivity contribution in [1.29, 1.82) is 0 Å². The van der Waals surface area contributed by atoms with Gasteiger partial charge in [-0.3, -0.25) is 4.68 Å². The molecule has 1 fully saturated rings. The Balaban J connectivity index is 1.59. The quantitative estimate of drug-likeness (QED) is 0.516. The number of ether oxygens (including phenoxy) is 2. The summed E-state index contributed by atoms with van der Waals surface area (Å²) in [5, 5.41) is 13.6. The molecular weight excluding hydrogens is 418 g/mol. The number of aromatic nitrogens is 4. The average molecular weight is 448 g/mol. The van der Waals surface area contributed by atoms with Gasteiger partial charge in [0.2, 0.25) is 0 Å². The Morgan fingerprint density at radius 3 is 2.67 bits per heavy atom. The van der Waals surface area contributed by atoms with Gasteiger partial charge < -0.3 is 19.5 Å². The molecule has 1 aliphatic heterocycles. The van der Waals surface area contributed by atoms with Crippen LogP contribution in [0.3, 0.4) is 0 Å². The van der Waals surface area contributed by atoms with Crippen molar-refractivity contribution in [3.63, 3.8) is 0 Å². The number of hydrogen-bond acceptors (Lipinski definition) is 7. The van der Waals surface area contributed by atoms with Gasteiger partial charge in [-0.1, -0.05) is 0 Å². The largest absolute Gasteiger partial charge is 0.483 e. The Bertz CT molecular complexity index is 1150. The minimum absolute atomic E-state index is 0.0296. The van der Waals surface area contributed by atoms with E-state index in [2.05, 4.69) is 39.5 Å². The average Bonchev–Trinajstić information content (AvgIpc) is 3.58. The first-order valence-corrected chi connectivity index (χ1v) is 11.4. The van der Waals surface area contributed by atoms with Crippen LogP contribution in [-0.4, -0.2) is 44.6 Å². The van der Waals surface area contributed by atoms with Crippen molar-refractivity contribution in [3.8, 4) is 22.9 Å². The summed E-state index contributed by atoms with van der Waals surface area (Å²) in [4.78, 5) is 11.1. The van der Waals surface area contributed by atoms with Crippen molar-refractivity contribution in [3.05, 3.63) is 60.5 Å². The first-order chi connectivity index (χ1) is 16.1. The van der Waals surface area contributed by atoms with E-state index in [1.54, 1.807) is 18.0 Å². The highest BCUT2D eigenvalue weighted by molar-refractivity contribution is 5.78. The summed E-state index contributed by atoms with van der Waals surface area (Å²) in [6, 6.07) is 4.69. The zero-order chi connectivity index (χ0) is 22.9. The Kier molecular flexibility index (Phi) is 5.76. The normalized spacial score (nSPS) is 17.5. The van der Waals surface area contributed by atoms with Crippen LogP contribution in [0.1, 0.15) is 43.2 Å². The van der Waals surface area contributed by atoms with Crippen LogP contribution >= 0.6 is 0 Å². The number of fused-ring (bicyclic) bond motifs is 1. The fraction of sp³-hybridized carbons (Fsp3) is 0.400. The molecule has 0 amide bonds. The lowest BCUT2D eigenvalue weighted by Crippen LogP contribution is -2.37. The summed E-state index contributed by atoms with van der Waals surface area (Å²) in [6.07, 6.45) is 11.6. The predicted octanol–water partition coefficient (Wildman–Crippen LogP) is 4.26. The minimum atomic E-state index is 0.0296. The van der Waals surface area contributed by atoms with E-state index in [0.29, 0.717) is 24.4 Å². The molecule has 1 atom stereocenters. The third-order valence-corrected chi connectivity index (χ3v) is 6.42. The van der Waals surface area contributed by atoms with Crippen molar-refractivity contribution in [2.24, 2.45) is 0 Å². The molecule has 8 nitrogen and oxygen atoms in total. The Morgan fingerprint density at radius 1 is 1.18 bits per heavy atom. The van der Waals surface area contributed by atoms with Crippen molar-refractivity contribution in [2.45, 2.75) is 51.1 Å². The van der Waals surface area contributed by atoms with Crippen LogP contribution in [-0.2, 0) is 17.7 Å². The van der Waals surface area contributed by atoms with E-state index in [9.17, 15) is 5.11 Å². The Hall–Kier alpha value is -3.39. The van der Waals surface area contributed by atoms with E-state index in [1.165, 1.54) is 18.4 Å². The second kappa shape index (κ2) is 8.86. The Labute approximate surface area is 193 Å². The molecule has 1 aliphatic carbocycles. The topological polar surface area (TPSA) is 85.5 Å². The van der Waals surface area contributed by atoms with E-state index in [1.807, 2.05) is 24.7 Å². The van der Waals surface area contributed by atoms with Crippen LogP contribution in [0.25, 0.3) is 11.1 Å². The fourth-order valence-electron chi connectivity index (χ4n) is 4.45. The molecule has 0 radical (unpaired) electrons. The number of nitrogens with zero attached hydrogens (tertiary/aromatic N) is 5. The van der Waals surface area contributed by atoms with E-state index < -0.39 is 0 Å². The van der Waals surface area contributed by atoms with Crippen molar-refractivity contribution >= 4 is 5.69 Å². The molecule has 0 spiro atoms. The number of benzene rings is 1. The molecule has 5 rings (SSSR count). The number of hydrogen-bond donors (Lipinski definition) is 1. The number of rotatable bonds is 8. The van der Waals surface area contributed by atoms with Crippen molar-refractivity contribution in [2.75, 3.05) is 18.6 Å². The fourth-order valence-corrected chi connectivity index (χ4v) is 4.45. The molecule has 172 valence electrons. The molecule has 33 heavy (non-hydrogen) atoms. The van der Waals surface area contributed by atoms with Gasteiger partial charge in [-0.25, -0.2) is 9.97 Å². The highest BCUT2D eigenvalue weighted by Crippen LogP contribution is 2.45. The third-order valence-electron chi connectivity index (χ3n) is 6.42. The number of anilines is 1.